The number of rotatable bonds is 9. The Morgan fingerprint density at radius 1 is 0.767 bits per heavy atom. The Balaban J connectivity index is 1.37. The largest absolute Gasteiger partial charge is 0.457 e. The van der Waals surface area contributed by atoms with Crippen LogP contribution in [-0.2, 0) is 11.8 Å². The van der Waals surface area contributed by atoms with Gasteiger partial charge in [-0.2, -0.15) is 8.78 Å². The molecule has 1 aliphatic rings. The maximum atomic E-state index is 15.0. The summed E-state index contributed by atoms with van der Waals surface area (Å²) in [6.45, 7) is -2.84. The van der Waals surface area contributed by atoms with Crippen LogP contribution in [0.4, 0.5) is 13.2 Å². The van der Waals surface area contributed by atoms with Crippen molar-refractivity contribution in [2.75, 3.05) is 0 Å². The van der Waals surface area contributed by atoms with Gasteiger partial charge in [0.15, 0.2) is 0 Å². The predicted molar refractivity (Wildman–Crippen MR) is 110 cm³/mol. The molecular formula is C25H23F3O2. The van der Waals surface area contributed by atoms with Crippen molar-refractivity contribution in [3.63, 3.8) is 0 Å². The van der Waals surface area contributed by atoms with Gasteiger partial charge in [-0.3, -0.25) is 0 Å². The van der Waals surface area contributed by atoms with Crippen LogP contribution in [0.1, 0.15) is 30.4 Å². The number of hydrogen-bond donors (Lipinski definition) is 0. The standard InChI is InChI=1S/C25H23F3O2/c26-20(15-18-5-4-8-23(16-18)29-21-6-2-1-3-7-21)17-25(13-14-25)19-9-11-22(12-10-19)30-24(27)28/h1-12,16,20,24H,13-15,17H2. The summed E-state index contributed by atoms with van der Waals surface area (Å²) >= 11 is 0. The Kier molecular flexibility index (Phi) is 5.98. The molecule has 0 N–H and O–H groups in total. The van der Waals surface area contributed by atoms with E-state index >= 15 is 0 Å². The second-order valence-electron chi connectivity index (χ2n) is 7.75. The van der Waals surface area contributed by atoms with Gasteiger partial charge in [-0.1, -0.05) is 42.5 Å². The van der Waals surface area contributed by atoms with Gasteiger partial charge in [0.1, 0.15) is 23.4 Å². The van der Waals surface area contributed by atoms with E-state index in [0.29, 0.717) is 18.6 Å². The summed E-state index contributed by atoms with van der Waals surface area (Å²) < 4.78 is 49.8. The lowest BCUT2D eigenvalue weighted by atomic mass is 9.88. The van der Waals surface area contributed by atoms with Gasteiger partial charge in [0, 0.05) is 6.42 Å². The van der Waals surface area contributed by atoms with Crippen molar-refractivity contribution < 1.29 is 22.6 Å². The molecule has 0 aromatic heterocycles. The Hall–Kier alpha value is -2.95. The monoisotopic (exact) mass is 412 g/mol. The molecule has 2 nitrogen and oxygen atoms in total. The van der Waals surface area contributed by atoms with Crippen molar-refractivity contribution in [3.8, 4) is 17.2 Å². The van der Waals surface area contributed by atoms with E-state index in [9.17, 15) is 13.2 Å². The summed E-state index contributed by atoms with van der Waals surface area (Å²) in [5, 5.41) is 0. The maximum Gasteiger partial charge on any atom is 0.387 e. The average Bonchev–Trinajstić information content (AvgIpc) is 3.49. The van der Waals surface area contributed by atoms with Crippen LogP contribution in [0.2, 0.25) is 0 Å². The first-order valence-electron chi connectivity index (χ1n) is 10.0. The number of alkyl halides is 3. The smallest absolute Gasteiger partial charge is 0.387 e. The highest BCUT2D eigenvalue weighted by atomic mass is 19.3. The van der Waals surface area contributed by atoms with Crippen molar-refractivity contribution in [1.82, 2.24) is 0 Å². The molecule has 156 valence electrons. The molecule has 5 heteroatoms. The molecule has 0 amide bonds. The molecule has 4 rings (SSSR count). The van der Waals surface area contributed by atoms with Crippen LogP contribution in [0, 0.1) is 0 Å². The van der Waals surface area contributed by atoms with Gasteiger partial charge in [-0.15, -0.1) is 0 Å². The van der Waals surface area contributed by atoms with Crippen LogP contribution in [0.25, 0.3) is 0 Å². The van der Waals surface area contributed by atoms with Crippen LogP contribution in [0.5, 0.6) is 17.2 Å². The molecule has 1 atom stereocenters. The van der Waals surface area contributed by atoms with Gasteiger partial charge in [0.05, 0.1) is 0 Å². The molecular weight excluding hydrogens is 389 g/mol. The fraction of sp³-hybridized carbons (Fsp3) is 0.280. The lowest BCUT2D eigenvalue weighted by Gasteiger charge is -2.19. The number of hydrogen-bond acceptors (Lipinski definition) is 2. The Labute approximate surface area is 174 Å². The Morgan fingerprint density at radius 2 is 1.47 bits per heavy atom. The zero-order valence-electron chi connectivity index (χ0n) is 16.4. The van der Waals surface area contributed by atoms with Gasteiger partial charge in [-0.25, -0.2) is 4.39 Å². The second kappa shape index (κ2) is 8.82. The lowest BCUT2D eigenvalue weighted by Crippen LogP contribution is -2.16. The first-order chi connectivity index (χ1) is 14.5. The molecule has 3 aromatic carbocycles. The fourth-order valence-electron chi connectivity index (χ4n) is 3.86. The summed E-state index contributed by atoms with van der Waals surface area (Å²) in [5.74, 6) is 1.54. The number of halogens is 3. The highest BCUT2D eigenvalue weighted by molar-refractivity contribution is 5.37. The molecule has 30 heavy (non-hydrogen) atoms. The van der Waals surface area contributed by atoms with Gasteiger partial charge >= 0.3 is 6.61 Å². The molecule has 0 spiro atoms. The molecule has 1 saturated carbocycles. The molecule has 1 unspecified atom stereocenters. The van der Waals surface area contributed by atoms with Crippen LogP contribution < -0.4 is 9.47 Å². The summed E-state index contributed by atoms with van der Waals surface area (Å²) in [7, 11) is 0. The van der Waals surface area contributed by atoms with E-state index in [-0.39, 0.29) is 11.2 Å². The molecule has 0 radical (unpaired) electrons. The topological polar surface area (TPSA) is 18.5 Å². The maximum absolute atomic E-state index is 15.0. The molecule has 1 aliphatic carbocycles. The zero-order chi connectivity index (χ0) is 21.0. The third-order valence-electron chi connectivity index (χ3n) is 5.49. The van der Waals surface area contributed by atoms with Gasteiger partial charge in [0.2, 0.25) is 0 Å². The average molecular weight is 412 g/mol. The third kappa shape index (κ3) is 5.15. The first kappa shape index (κ1) is 20.3. The van der Waals surface area contributed by atoms with Crippen molar-refractivity contribution in [2.45, 2.75) is 43.9 Å². The fourth-order valence-corrected chi connectivity index (χ4v) is 3.86. The summed E-state index contributed by atoms with van der Waals surface area (Å²) in [4.78, 5) is 0. The van der Waals surface area contributed by atoms with E-state index in [1.54, 1.807) is 12.1 Å². The Morgan fingerprint density at radius 3 is 2.13 bits per heavy atom. The van der Waals surface area contributed by atoms with Gasteiger partial charge in [-0.05, 0) is 72.2 Å². The third-order valence-corrected chi connectivity index (χ3v) is 5.49. The minimum atomic E-state index is -2.84. The Bertz CT molecular complexity index is 954. The minimum Gasteiger partial charge on any atom is -0.457 e. The number of para-hydroxylation sites is 1. The summed E-state index contributed by atoms with van der Waals surface area (Å²) in [6.07, 6.45) is 1.52. The normalized spacial score (nSPS) is 15.6. The number of benzene rings is 3. The van der Waals surface area contributed by atoms with Crippen LogP contribution >= 0.6 is 0 Å². The summed E-state index contributed by atoms with van der Waals surface area (Å²) in [6, 6.07) is 23.6. The van der Waals surface area contributed by atoms with E-state index in [0.717, 1.165) is 29.7 Å². The first-order valence-corrected chi connectivity index (χ1v) is 10.0. The lowest BCUT2D eigenvalue weighted by molar-refractivity contribution is -0.0498. The van der Waals surface area contributed by atoms with E-state index in [1.807, 2.05) is 54.6 Å². The minimum absolute atomic E-state index is 0.122. The van der Waals surface area contributed by atoms with Gasteiger partial charge in [0.25, 0.3) is 0 Å². The van der Waals surface area contributed by atoms with Crippen LogP contribution in [-0.4, -0.2) is 12.8 Å². The molecule has 0 heterocycles. The van der Waals surface area contributed by atoms with Crippen molar-refractivity contribution >= 4 is 0 Å². The highest BCUT2D eigenvalue weighted by Gasteiger charge is 2.45. The molecule has 3 aromatic rings. The van der Waals surface area contributed by atoms with Crippen LogP contribution in [0.15, 0.2) is 78.9 Å². The zero-order valence-corrected chi connectivity index (χ0v) is 16.4. The van der Waals surface area contributed by atoms with Gasteiger partial charge < -0.3 is 9.47 Å². The predicted octanol–water partition coefficient (Wildman–Crippen LogP) is 7.08. The van der Waals surface area contributed by atoms with Crippen molar-refractivity contribution in [1.29, 1.82) is 0 Å². The SMILES string of the molecule is FC(Cc1cccc(Oc2ccccc2)c1)CC1(c2ccc(OC(F)F)cc2)CC1. The molecule has 0 aliphatic heterocycles. The van der Waals surface area contributed by atoms with E-state index in [1.165, 1.54) is 12.1 Å². The number of ether oxygens (including phenoxy) is 2. The van der Waals surface area contributed by atoms with E-state index in [4.69, 9.17) is 4.74 Å². The van der Waals surface area contributed by atoms with Crippen molar-refractivity contribution in [3.05, 3.63) is 90.0 Å². The van der Waals surface area contributed by atoms with Crippen molar-refractivity contribution in [2.24, 2.45) is 0 Å². The highest BCUT2D eigenvalue weighted by Crippen LogP contribution is 2.52. The van der Waals surface area contributed by atoms with E-state index < -0.39 is 12.8 Å². The molecule has 0 saturated heterocycles. The van der Waals surface area contributed by atoms with E-state index in [2.05, 4.69) is 4.74 Å². The second-order valence-corrected chi connectivity index (χ2v) is 7.75. The molecule has 0 bridgehead atoms. The molecule has 1 fully saturated rings. The quantitative estimate of drug-likeness (QED) is 0.374. The summed E-state index contributed by atoms with van der Waals surface area (Å²) in [5.41, 5.74) is 1.65. The van der Waals surface area contributed by atoms with Crippen LogP contribution in [0.3, 0.4) is 0 Å².